The topological polar surface area (TPSA) is 71.7 Å². The number of hydrogen-bond donors (Lipinski definition) is 2. The third-order valence-electron chi connectivity index (χ3n) is 2.35. The molecular formula is C11H17NO4. The van der Waals surface area contributed by atoms with Gasteiger partial charge in [0, 0.05) is 6.04 Å². The second kappa shape index (κ2) is 6.30. The minimum Gasteiger partial charge on any atom is -0.467 e. The number of hydrogen-bond acceptors (Lipinski definition) is 5. The molecule has 0 radical (unpaired) electrons. The van der Waals surface area contributed by atoms with Gasteiger partial charge >= 0.3 is 5.97 Å². The summed E-state index contributed by atoms with van der Waals surface area (Å²) in [4.78, 5) is 11.1. The molecule has 0 aliphatic rings. The minimum absolute atomic E-state index is 0.0478. The first-order valence-corrected chi connectivity index (χ1v) is 5.21. The second-order valence-corrected chi connectivity index (χ2v) is 3.46. The molecule has 0 saturated carbocycles. The van der Waals surface area contributed by atoms with Crippen molar-refractivity contribution in [1.82, 2.24) is 5.32 Å². The van der Waals surface area contributed by atoms with Gasteiger partial charge in [-0.3, -0.25) is 0 Å². The Morgan fingerprint density at radius 1 is 1.69 bits per heavy atom. The number of esters is 1. The van der Waals surface area contributed by atoms with Gasteiger partial charge in [0.1, 0.15) is 12.0 Å². The van der Waals surface area contributed by atoms with E-state index in [1.807, 2.05) is 6.92 Å². The van der Waals surface area contributed by atoms with Gasteiger partial charge in [0.25, 0.3) is 0 Å². The van der Waals surface area contributed by atoms with Crippen molar-refractivity contribution in [1.29, 1.82) is 0 Å². The molecule has 90 valence electrons. The van der Waals surface area contributed by atoms with E-state index in [0.717, 1.165) is 6.42 Å². The molecule has 0 bridgehead atoms. The maximum absolute atomic E-state index is 11.1. The standard InChI is InChI=1S/C11H17NO4/c1-3-9(6-13)12-5-10-4-8(7-16-10)11(14)15-2/h4,7,9,12-13H,3,5-6H2,1-2H3/t9-/m0/s1. The molecule has 5 nitrogen and oxygen atoms in total. The Balaban J connectivity index is 2.49. The Hall–Kier alpha value is -1.33. The van der Waals surface area contributed by atoms with E-state index in [0.29, 0.717) is 17.9 Å². The Bertz CT molecular complexity index is 330. The van der Waals surface area contributed by atoms with Crippen LogP contribution in [0.1, 0.15) is 29.5 Å². The molecule has 0 fully saturated rings. The van der Waals surface area contributed by atoms with Crippen LogP contribution in [0.5, 0.6) is 0 Å². The Kier molecular flexibility index (Phi) is 5.01. The van der Waals surface area contributed by atoms with Crippen molar-refractivity contribution in [2.45, 2.75) is 25.9 Å². The van der Waals surface area contributed by atoms with Crippen LogP contribution in [0.25, 0.3) is 0 Å². The van der Waals surface area contributed by atoms with E-state index in [1.165, 1.54) is 13.4 Å². The first-order valence-electron chi connectivity index (χ1n) is 5.21. The van der Waals surface area contributed by atoms with Crippen molar-refractivity contribution in [3.05, 3.63) is 23.7 Å². The molecule has 1 atom stereocenters. The number of carbonyl (C=O) groups excluding carboxylic acids is 1. The average molecular weight is 227 g/mol. The normalized spacial score (nSPS) is 12.4. The van der Waals surface area contributed by atoms with E-state index < -0.39 is 5.97 Å². The second-order valence-electron chi connectivity index (χ2n) is 3.46. The first-order chi connectivity index (χ1) is 7.71. The molecule has 1 aromatic rings. The van der Waals surface area contributed by atoms with E-state index in [2.05, 4.69) is 10.1 Å². The molecule has 0 aromatic carbocycles. The number of aliphatic hydroxyl groups excluding tert-OH is 1. The highest BCUT2D eigenvalue weighted by molar-refractivity contribution is 5.88. The summed E-state index contributed by atoms with van der Waals surface area (Å²) in [7, 11) is 1.33. The van der Waals surface area contributed by atoms with Gasteiger partial charge in [-0.25, -0.2) is 4.79 Å². The molecule has 0 saturated heterocycles. The van der Waals surface area contributed by atoms with Crippen LogP contribution in [-0.4, -0.2) is 30.8 Å². The fourth-order valence-electron chi connectivity index (χ4n) is 1.28. The van der Waals surface area contributed by atoms with Gasteiger partial charge in [-0.1, -0.05) is 6.92 Å². The molecule has 2 N–H and O–H groups in total. The molecule has 0 amide bonds. The van der Waals surface area contributed by atoms with Crippen molar-refractivity contribution in [3.63, 3.8) is 0 Å². The zero-order valence-electron chi connectivity index (χ0n) is 9.53. The lowest BCUT2D eigenvalue weighted by atomic mass is 10.2. The fourth-order valence-corrected chi connectivity index (χ4v) is 1.28. The monoisotopic (exact) mass is 227 g/mol. The molecule has 5 heteroatoms. The quantitative estimate of drug-likeness (QED) is 0.707. The van der Waals surface area contributed by atoms with Gasteiger partial charge in [0.2, 0.25) is 0 Å². The lowest BCUT2D eigenvalue weighted by Crippen LogP contribution is -2.30. The maximum atomic E-state index is 11.1. The average Bonchev–Trinajstić information content (AvgIpc) is 2.78. The molecule has 0 unspecified atom stereocenters. The van der Waals surface area contributed by atoms with E-state index in [-0.39, 0.29) is 12.6 Å². The number of ether oxygens (including phenoxy) is 1. The van der Waals surface area contributed by atoms with Crippen LogP contribution in [0.15, 0.2) is 16.7 Å². The van der Waals surface area contributed by atoms with Crippen molar-refractivity contribution < 1.29 is 19.1 Å². The predicted molar refractivity (Wildman–Crippen MR) is 58.1 cm³/mol. The van der Waals surface area contributed by atoms with Gasteiger partial charge in [0.15, 0.2) is 0 Å². The number of aliphatic hydroxyl groups is 1. The van der Waals surface area contributed by atoms with Crippen LogP contribution < -0.4 is 5.32 Å². The molecule has 16 heavy (non-hydrogen) atoms. The van der Waals surface area contributed by atoms with Crippen molar-refractivity contribution in [2.75, 3.05) is 13.7 Å². The van der Waals surface area contributed by atoms with Crippen molar-refractivity contribution in [3.8, 4) is 0 Å². The lowest BCUT2D eigenvalue weighted by molar-refractivity contribution is 0.0600. The lowest BCUT2D eigenvalue weighted by Gasteiger charge is -2.11. The highest BCUT2D eigenvalue weighted by Gasteiger charge is 2.11. The first kappa shape index (κ1) is 12.7. The molecule has 1 heterocycles. The van der Waals surface area contributed by atoms with E-state index in [9.17, 15) is 4.79 Å². The van der Waals surface area contributed by atoms with Crippen LogP contribution in [0.4, 0.5) is 0 Å². The summed E-state index contributed by atoms with van der Waals surface area (Å²) >= 11 is 0. The summed E-state index contributed by atoms with van der Waals surface area (Å²) in [6.07, 6.45) is 2.20. The molecule has 1 aromatic heterocycles. The number of nitrogens with one attached hydrogen (secondary N) is 1. The Morgan fingerprint density at radius 2 is 2.44 bits per heavy atom. The van der Waals surface area contributed by atoms with Crippen LogP contribution in [-0.2, 0) is 11.3 Å². The van der Waals surface area contributed by atoms with Crippen LogP contribution in [0.2, 0.25) is 0 Å². The Labute approximate surface area is 94.4 Å². The summed E-state index contributed by atoms with van der Waals surface area (Å²) in [5.74, 6) is 0.233. The van der Waals surface area contributed by atoms with Gasteiger partial charge in [-0.15, -0.1) is 0 Å². The van der Waals surface area contributed by atoms with Crippen LogP contribution in [0.3, 0.4) is 0 Å². The van der Waals surface area contributed by atoms with Crippen LogP contribution >= 0.6 is 0 Å². The van der Waals surface area contributed by atoms with Gasteiger partial charge in [-0.05, 0) is 12.5 Å². The third kappa shape index (κ3) is 3.36. The van der Waals surface area contributed by atoms with Gasteiger partial charge < -0.3 is 19.6 Å². The minimum atomic E-state index is -0.413. The molecule has 0 aliphatic heterocycles. The summed E-state index contributed by atoms with van der Waals surface area (Å²) in [6, 6.07) is 1.68. The smallest absolute Gasteiger partial charge is 0.341 e. The summed E-state index contributed by atoms with van der Waals surface area (Å²) in [6.45, 7) is 2.55. The zero-order valence-corrected chi connectivity index (χ0v) is 9.53. The fraction of sp³-hybridized carbons (Fsp3) is 0.545. The van der Waals surface area contributed by atoms with Gasteiger partial charge in [-0.2, -0.15) is 0 Å². The van der Waals surface area contributed by atoms with Crippen LogP contribution in [0, 0.1) is 0 Å². The number of rotatable bonds is 6. The largest absolute Gasteiger partial charge is 0.467 e. The SMILES string of the molecule is CC[C@@H](CO)NCc1cc(C(=O)OC)co1. The predicted octanol–water partition coefficient (Wildman–Crippen LogP) is 0.927. The number of methoxy groups -OCH3 is 1. The molecular weight excluding hydrogens is 210 g/mol. The maximum Gasteiger partial charge on any atom is 0.341 e. The number of furan rings is 1. The summed E-state index contributed by atoms with van der Waals surface area (Å²) in [5.41, 5.74) is 0.399. The number of carbonyl (C=O) groups is 1. The summed E-state index contributed by atoms with van der Waals surface area (Å²) < 4.78 is 9.74. The molecule has 1 rings (SSSR count). The molecule has 0 spiro atoms. The van der Waals surface area contributed by atoms with Gasteiger partial charge in [0.05, 0.1) is 25.8 Å². The van der Waals surface area contributed by atoms with E-state index in [1.54, 1.807) is 6.07 Å². The van der Waals surface area contributed by atoms with Crippen molar-refractivity contribution in [2.24, 2.45) is 0 Å². The Morgan fingerprint density at radius 3 is 3.00 bits per heavy atom. The highest BCUT2D eigenvalue weighted by Crippen LogP contribution is 2.09. The highest BCUT2D eigenvalue weighted by atomic mass is 16.5. The zero-order chi connectivity index (χ0) is 12.0. The summed E-state index contributed by atoms with van der Waals surface area (Å²) in [5, 5.41) is 12.1. The van der Waals surface area contributed by atoms with E-state index in [4.69, 9.17) is 9.52 Å². The third-order valence-corrected chi connectivity index (χ3v) is 2.35. The van der Waals surface area contributed by atoms with Crippen molar-refractivity contribution >= 4 is 5.97 Å². The van der Waals surface area contributed by atoms with E-state index >= 15 is 0 Å². The molecule has 0 aliphatic carbocycles.